The Bertz CT molecular complexity index is 934. The largest absolute Gasteiger partial charge is 0.354 e. The molecule has 3 heterocycles. The summed E-state index contributed by atoms with van der Waals surface area (Å²) in [5, 5.41) is 8.31. The molecule has 0 saturated heterocycles. The van der Waals surface area contributed by atoms with Gasteiger partial charge in [0.15, 0.2) is 0 Å². The first-order valence-electron chi connectivity index (χ1n) is 8.88. The number of aromatic nitrogens is 3. The highest BCUT2D eigenvalue weighted by molar-refractivity contribution is 7.98. The number of benzene rings is 1. The number of amides is 1. The van der Waals surface area contributed by atoms with Gasteiger partial charge in [0.25, 0.3) is 0 Å². The van der Waals surface area contributed by atoms with E-state index in [1.54, 1.807) is 4.68 Å². The van der Waals surface area contributed by atoms with Crippen molar-refractivity contribution in [3.8, 4) is 0 Å². The van der Waals surface area contributed by atoms with E-state index >= 15 is 0 Å². The predicted octanol–water partition coefficient (Wildman–Crippen LogP) is 4.43. The van der Waals surface area contributed by atoms with Crippen LogP contribution in [0.3, 0.4) is 0 Å². The van der Waals surface area contributed by atoms with E-state index in [4.69, 9.17) is 11.6 Å². The van der Waals surface area contributed by atoms with Gasteiger partial charge in [-0.2, -0.15) is 16.9 Å². The van der Waals surface area contributed by atoms with E-state index in [2.05, 4.69) is 15.0 Å². The number of fused-ring (bicyclic) bond motifs is 1. The Morgan fingerprint density at radius 2 is 2.00 bits per heavy atom. The lowest BCUT2D eigenvalue weighted by molar-refractivity contribution is -0.116. The summed E-state index contributed by atoms with van der Waals surface area (Å²) >= 11 is 7.87. The first-order chi connectivity index (χ1) is 13.1. The zero-order valence-electron chi connectivity index (χ0n) is 15.1. The van der Waals surface area contributed by atoms with Gasteiger partial charge in [0.1, 0.15) is 5.82 Å². The van der Waals surface area contributed by atoms with Crippen LogP contribution >= 0.6 is 23.4 Å². The van der Waals surface area contributed by atoms with Gasteiger partial charge in [0.05, 0.1) is 5.69 Å². The first-order valence-corrected chi connectivity index (χ1v) is 10.4. The quantitative estimate of drug-likeness (QED) is 0.665. The molecule has 27 heavy (non-hydrogen) atoms. The first kappa shape index (κ1) is 18.2. The molecule has 0 bridgehead atoms. The van der Waals surface area contributed by atoms with Crippen LogP contribution in [0.4, 0.5) is 5.82 Å². The van der Waals surface area contributed by atoms with Crippen LogP contribution < -0.4 is 5.32 Å². The normalized spacial score (nSPS) is 14.1. The topological polar surface area (TPSA) is 51.9 Å². The fourth-order valence-corrected chi connectivity index (χ4v) is 4.63. The van der Waals surface area contributed by atoms with Crippen LogP contribution in [0, 0.1) is 0 Å². The molecule has 1 aliphatic rings. The maximum atomic E-state index is 12.8. The molecule has 7 heteroatoms. The molecule has 1 N–H and O–H groups in total. The van der Waals surface area contributed by atoms with Crippen LogP contribution in [0.2, 0.25) is 5.02 Å². The summed E-state index contributed by atoms with van der Waals surface area (Å²) in [5.74, 6) is 2.72. The molecule has 0 saturated carbocycles. The van der Waals surface area contributed by atoms with Gasteiger partial charge in [0, 0.05) is 60.4 Å². The van der Waals surface area contributed by atoms with Gasteiger partial charge in [-0.15, -0.1) is 0 Å². The molecule has 140 valence electrons. The number of rotatable bonds is 6. The van der Waals surface area contributed by atoms with E-state index in [1.807, 2.05) is 67.6 Å². The monoisotopic (exact) mass is 400 g/mol. The minimum atomic E-state index is 0.00445. The Morgan fingerprint density at radius 3 is 2.74 bits per heavy atom. The zero-order chi connectivity index (χ0) is 18.8. The van der Waals surface area contributed by atoms with Crippen molar-refractivity contribution in [1.29, 1.82) is 0 Å². The number of anilines is 1. The average Bonchev–Trinajstić information content (AvgIpc) is 3.36. The second-order valence-corrected chi connectivity index (χ2v) is 8.19. The number of hydrogen-bond donors (Lipinski definition) is 1. The summed E-state index contributed by atoms with van der Waals surface area (Å²) < 4.78 is 3.89. The Balaban J connectivity index is 1.52. The number of thioether (sulfide) groups is 1. The predicted molar refractivity (Wildman–Crippen MR) is 110 cm³/mol. The van der Waals surface area contributed by atoms with E-state index < -0.39 is 0 Å². The van der Waals surface area contributed by atoms with Crippen LogP contribution in [0.5, 0.6) is 0 Å². The lowest BCUT2D eigenvalue weighted by Gasteiger charge is -2.18. The molecular weight excluding hydrogens is 380 g/mol. The SMILES string of the molecule is Cn1nc2c(c1NC(=O)CC(Cn1cccc1)c1ccc(Cl)cc1)CSC2. The molecule has 0 fully saturated rings. The third kappa shape index (κ3) is 4.06. The Hall–Kier alpha value is -2.18. The maximum Gasteiger partial charge on any atom is 0.226 e. The minimum Gasteiger partial charge on any atom is -0.354 e. The van der Waals surface area contributed by atoms with Gasteiger partial charge in [0.2, 0.25) is 5.91 Å². The molecule has 1 unspecified atom stereocenters. The average molecular weight is 401 g/mol. The van der Waals surface area contributed by atoms with Gasteiger partial charge in [-0.1, -0.05) is 23.7 Å². The molecule has 4 rings (SSSR count). The van der Waals surface area contributed by atoms with E-state index in [9.17, 15) is 4.79 Å². The molecule has 1 aromatic carbocycles. The van der Waals surface area contributed by atoms with Crippen LogP contribution in [-0.4, -0.2) is 20.3 Å². The van der Waals surface area contributed by atoms with Crippen molar-refractivity contribution >= 4 is 35.1 Å². The smallest absolute Gasteiger partial charge is 0.226 e. The summed E-state index contributed by atoms with van der Waals surface area (Å²) in [6, 6.07) is 11.8. The van der Waals surface area contributed by atoms with Crippen molar-refractivity contribution in [3.05, 3.63) is 70.6 Å². The molecule has 0 aliphatic carbocycles. The summed E-state index contributed by atoms with van der Waals surface area (Å²) in [4.78, 5) is 12.8. The summed E-state index contributed by atoms with van der Waals surface area (Å²) in [6.45, 7) is 0.737. The third-order valence-corrected chi connectivity index (χ3v) is 6.06. The van der Waals surface area contributed by atoms with Gasteiger partial charge in [-0.3, -0.25) is 9.48 Å². The van der Waals surface area contributed by atoms with Crippen molar-refractivity contribution in [2.75, 3.05) is 5.32 Å². The Kier molecular flexibility index (Phi) is 5.27. The highest BCUT2D eigenvalue weighted by Gasteiger charge is 2.24. The summed E-state index contributed by atoms with van der Waals surface area (Å²) in [6.07, 6.45) is 4.44. The van der Waals surface area contributed by atoms with Crippen molar-refractivity contribution in [1.82, 2.24) is 14.3 Å². The molecule has 1 atom stereocenters. The molecule has 3 aromatic rings. The van der Waals surface area contributed by atoms with Crippen LogP contribution in [0.1, 0.15) is 29.2 Å². The highest BCUT2D eigenvalue weighted by atomic mass is 35.5. The van der Waals surface area contributed by atoms with Crippen molar-refractivity contribution in [2.45, 2.75) is 30.4 Å². The third-order valence-electron chi connectivity index (χ3n) is 4.84. The van der Waals surface area contributed by atoms with E-state index in [0.717, 1.165) is 40.7 Å². The standard InChI is InChI=1S/C20H21ClN4OS/c1-24-20(17-12-27-13-18(17)23-24)22-19(26)10-15(11-25-8-2-3-9-25)14-4-6-16(21)7-5-14/h2-9,15H,10-13H2,1H3,(H,22,26). The van der Waals surface area contributed by atoms with Gasteiger partial charge < -0.3 is 9.88 Å². The number of nitrogens with zero attached hydrogens (tertiary/aromatic N) is 3. The van der Waals surface area contributed by atoms with Gasteiger partial charge in [-0.25, -0.2) is 0 Å². The lowest BCUT2D eigenvalue weighted by atomic mass is 9.95. The molecule has 0 radical (unpaired) electrons. The van der Waals surface area contributed by atoms with Crippen LogP contribution in [0.15, 0.2) is 48.8 Å². The van der Waals surface area contributed by atoms with E-state index in [-0.39, 0.29) is 11.8 Å². The van der Waals surface area contributed by atoms with Crippen molar-refractivity contribution < 1.29 is 4.79 Å². The lowest BCUT2D eigenvalue weighted by Crippen LogP contribution is -2.20. The number of halogens is 1. The molecule has 5 nitrogen and oxygen atoms in total. The van der Waals surface area contributed by atoms with Gasteiger partial charge in [-0.05, 0) is 29.8 Å². The summed E-state index contributed by atoms with van der Waals surface area (Å²) in [7, 11) is 1.88. The maximum absolute atomic E-state index is 12.8. The van der Waals surface area contributed by atoms with Crippen molar-refractivity contribution in [2.24, 2.45) is 7.05 Å². The van der Waals surface area contributed by atoms with Crippen LogP contribution in [0.25, 0.3) is 0 Å². The molecule has 2 aromatic heterocycles. The Morgan fingerprint density at radius 1 is 1.26 bits per heavy atom. The molecule has 1 amide bonds. The number of hydrogen-bond acceptors (Lipinski definition) is 3. The van der Waals surface area contributed by atoms with E-state index in [1.165, 1.54) is 0 Å². The number of nitrogens with one attached hydrogen (secondary N) is 1. The number of carbonyl (C=O) groups excluding carboxylic acids is 1. The van der Waals surface area contributed by atoms with Crippen LogP contribution in [-0.2, 0) is 29.9 Å². The van der Waals surface area contributed by atoms with Crippen molar-refractivity contribution in [3.63, 3.8) is 0 Å². The fourth-order valence-electron chi connectivity index (χ4n) is 3.47. The number of carbonyl (C=O) groups is 1. The van der Waals surface area contributed by atoms with Gasteiger partial charge >= 0.3 is 0 Å². The number of aryl methyl sites for hydroxylation is 1. The summed E-state index contributed by atoms with van der Waals surface area (Å²) in [5.41, 5.74) is 3.35. The second-order valence-electron chi connectivity index (χ2n) is 6.77. The second kappa shape index (κ2) is 7.82. The minimum absolute atomic E-state index is 0.00445. The highest BCUT2D eigenvalue weighted by Crippen LogP contribution is 2.34. The van der Waals surface area contributed by atoms with E-state index in [0.29, 0.717) is 11.4 Å². The zero-order valence-corrected chi connectivity index (χ0v) is 16.6. The Labute approximate surface area is 167 Å². The molecular formula is C20H21ClN4OS. The molecule has 1 aliphatic heterocycles. The molecule has 0 spiro atoms. The fraction of sp³-hybridized carbons (Fsp3) is 0.300.